The van der Waals surface area contributed by atoms with Crippen molar-refractivity contribution in [2.45, 2.75) is 6.92 Å². The highest BCUT2D eigenvalue weighted by atomic mass is 19.1. The Morgan fingerprint density at radius 3 is 2.53 bits per heavy atom. The molecular weight excluding hydrogens is 195 g/mol. The summed E-state index contributed by atoms with van der Waals surface area (Å²) in [5.41, 5.74) is 1.01. The predicted molar refractivity (Wildman–Crippen MR) is 53.6 cm³/mol. The summed E-state index contributed by atoms with van der Waals surface area (Å²) in [6.45, 7) is 1.60. The molecule has 76 valence electrons. The number of hydrogen-bond donors (Lipinski definition) is 0. The average Bonchev–Trinajstić information content (AvgIpc) is 2.55. The molecule has 2 aromatic rings. The van der Waals surface area contributed by atoms with E-state index in [4.69, 9.17) is 0 Å². The highest BCUT2D eigenvalue weighted by Gasteiger charge is 2.14. The van der Waals surface area contributed by atoms with E-state index in [-0.39, 0.29) is 5.56 Å². The van der Waals surface area contributed by atoms with E-state index in [9.17, 15) is 9.18 Å². The highest BCUT2D eigenvalue weighted by molar-refractivity contribution is 5.76. The molecule has 1 aromatic carbocycles. The van der Waals surface area contributed by atoms with Crippen LogP contribution in [-0.2, 0) is 0 Å². The van der Waals surface area contributed by atoms with Crippen molar-refractivity contribution in [2.75, 3.05) is 0 Å². The normalized spacial score (nSPS) is 10.3. The minimum atomic E-state index is -0.617. The smallest absolute Gasteiger partial charge is 0.227 e. The summed E-state index contributed by atoms with van der Waals surface area (Å²) in [7, 11) is 0. The number of aryl methyl sites for hydroxylation is 1. The first-order valence-corrected chi connectivity index (χ1v) is 4.49. The van der Waals surface area contributed by atoms with Crippen molar-refractivity contribution in [3.8, 4) is 5.69 Å². The molecule has 0 amide bonds. The van der Waals surface area contributed by atoms with Gasteiger partial charge in [0.05, 0.1) is 16.9 Å². The fraction of sp³-hybridized carbons (Fsp3) is 0.0909. The predicted octanol–water partition coefficient (Wildman–Crippen LogP) is 2.13. The zero-order chi connectivity index (χ0) is 10.8. The number of aldehydes is 1. The van der Waals surface area contributed by atoms with E-state index in [1.807, 2.05) is 6.07 Å². The van der Waals surface area contributed by atoms with Gasteiger partial charge in [-0.15, -0.1) is 0 Å². The standard InChI is InChI=1S/C11H9FN2O/c1-8-10(7-15)11(12)14(13-8)9-5-3-2-4-6-9/h2-7H,1H3. The zero-order valence-corrected chi connectivity index (χ0v) is 8.14. The van der Waals surface area contributed by atoms with Crippen LogP contribution in [0.1, 0.15) is 16.1 Å². The van der Waals surface area contributed by atoms with Gasteiger partial charge in [0.25, 0.3) is 0 Å². The van der Waals surface area contributed by atoms with Crippen molar-refractivity contribution in [3.05, 3.63) is 47.5 Å². The largest absolute Gasteiger partial charge is 0.298 e. The number of benzene rings is 1. The highest BCUT2D eigenvalue weighted by Crippen LogP contribution is 2.14. The molecule has 0 aliphatic carbocycles. The molecule has 4 heteroatoms. The Morgan fingerprint density at radius 1 is 1.33 bits per heavy atom. The molecule has 0 radical (unpaired) electrons. The van der Waals surface area contributed by atoms with Crippen LogP contribution in [0.3, 0.4) is 0 Å². The fourth-order valence-electron chi connectivity index (χ4n) is 1.39. The van der Waals surface area contributed by atoms with Gasteiger partial charge in [0.15, 0.2) is 6.29 Å². The third-order valence-electron chi connectivity index (χ3n) is 2.17. The summed E-state index contributed by atoms with van der Waals surface area (Å²) < 4.78 is 14.8. The summed E-state index contributed by atoms with van der Waals surface area (Å²) in [6, 6.07) is 8.85. The van der Waals surface area contributed by atoms with Gasteiger partial charge in [-0.3, -0.25) is 4.79 Å². The summed E-state index contributed by atoms with van der Waals surface area (Å²) in [5, 5.41) is 3.96. The topological polar surface area (TPSA) is 34.9 Å². The maximum Gasteiger partial charge on any atom is 0.227 e. The quantitative estimate of drug-likeness (QED) is 0.702. The molecule has 1 heterocycles. The number of carbonyl (C=O) groups is 1. The fourth-order valence-corrected chi connectivity index (χ4v) is 1.39. The second-order valence-electron chi connectivity index (χ2n) is 3.16. The molecule has 0 aliphatic heterocycles. The lowest BCUT2D eigenvalue weighted by Crippen LogP contribution is -1.99. The Bertz CT molecular complexity index is 491. The second kappa shape index (κ2) is 3.65. The van der Waals surface area contributed by atoms with E-state index in [0.717, 1.165) is 4.68 Å². The van der Waals surface area contributed by atoms with Crippen molar-refractivity contribution >= 4 is 6.29 Å². The molecule has 3 nitrogen and oxygen atoms in total. The van der Waals surface area contributed by atoms with Crippen LogP contribution in [0.4, 0.5) is 4.39 Å². The van der Waals surface area contributed by atoms with Crippen molar-refractivity contribution in [1.29, 1.82) is 0 Å². The molecule has 0 atom stereocenters. The van der Waals surface area contributed by atoms with E-state index >= 15 is 0 Å². The molecule has 0 N–H and O–H groups in total. The molecule has 2 rings (SSSR count). The molecule has 0 saturated heterocycles. The van der Waals surface area contributed by atoms with Crippen molar-refractivity contribution in [2.24, 2.45) is 0 Å². The van der Waals surface area contributed by atoms with Crippen LogP contribution < -0.4 is 0 Å². The minimum absolute atomic E-state index is 0.0128. The summed E-state index contributed by atoms with van der Waals surface area (Å²) in [6.07, 6.45) is 0.483. The van der Waals surface area contributed by atoms with Gasteiger partial charge in [-0.2, -0.15) is 9.49 Å². The SMILES string of the molecule is Cc1nn(-c2ccccc2)c(F)c1C=O. The summed E-state index contributed by atoms with van der Waals surface area (Å²) in [5.74, 6) is -0.617. The Hall–Kier alpha value is -1.97. The summed E-state index contributed by atoms with van der Waals surface area (Å²) in [4.78, 5) is 10.6. The minimum Gasteiger partial charge on any atom is -0.298 e. The maximum atomic E-state index is 13.6. The van der Waals surface area contributed by atoms with Gasteiger partial charge in [-0.1, -0.05) is 18.2 Å². The molecule has 0 bridgehead atoms. The van der Waals surface area contributed by atoms with Gasteiger partial charge in [-0.05, 0) is 19.1 Å². The number of halogens is 1. The van der Waals surface area contributed by atoms with Crippen LogP contribution in [0.25, 0.3) is 5.69 Å². The molecule has 0 unspecified atom stereocenters. The zero-order valence-electron chi connectivity index (χ0n) is 8.14. The van der Waals surface area contributed by atoms with E-state index in [0.29, 0.717) is 17.7 Å². The van der Waals surface area contributed by atoms with E-state index < -0.39 is 5.95 Å². The van der Waals surface area contributed by atoms with Gasteiger partial charge < -0.3 is 0 Å². The van der Waals surface area contributed by atoms with E-state index in [1.165, 1.54) is 0 Å². The van der Waals surface area contributed by atoms with Gasteiger partial charge >= 0.3 is 0 Å². The number of aromatic nitrogens is 2. The van der Waals surface area contributed by atoms with Crippen LogP contribution in [0.15, 0.2) is 30.3 Å². The van der Waals surface area contributed by atoms with Gasteiger partial charge in [0.1, 0.15) is 0 Å². The van der Waals surface area contributed by atoms with E-state index in [2.05, 4.69) is 5.10 Å². The number of carbonyl (C=O) groups excluding carboxylic acids is 1. The monoisotopic (exact) mass is 204 g/mol. The van der Waals surface area contributed by atoms with Crippen molar-refractivity contribution in [3.63, 3.8) is 0 Å². The Kier molecular flexibility index (Phi) is 2.33. The van der Waals surface area contributed by atoms with Crippen LogP contribution in [0, 0.1) is 12.9 Å². The van der Waals surface area contributed by atoms with Crippen LogP contribution in [-0.4, -0.2) is 16.1 Å². The first kappa shape index (κ1) is 9.58. The molecule has 0 fully saturated rings. The molecule has 0 aliphatic rings. The second-order valence-corrected chi connectivity index (χ2v) is 3.16. The van der Waals surface area contributed by atoms with Gasteiger partial charge in [0.2, 0.25) is 5.95 Å². The van der Waals surface area contributed by atoms with Gasteiger partial charge in [0, 0.05) is 0 Å². The molecule has 15 heavy (non-hydrogen) atoms. The number of rotatable bonds is 2. The molecule has 0 spiro atoms. The third kappa shape index (κ3) is 1.54. The Morgan fingerprint density at radius 2 is 2.00 bits per heavy atom. The van der Waals surface area contributed by atoms with Crippen molar-refractivity contribution < 1.29 is 9.18 Å². The molecule has 1 aromatic heterocycles. The number of nitrogens with zero attached hydrogens (tertiary/aromatic N) is 2. The summed E-state index contributed by atoms with van der Waals surface area (Å²) >= 11 is 0. The van der Waals surface area contributed by atoms with Crippen LogP contribution in [0.5, 0.6) is 0 Å². The molecular formula is C11H9FN2O. The maximum absolute atomic E-state index is 13.6. The number of hydrogen-bond acceptors (Lipinski definition) is 2. The Balaban J connectivity index is 2.60. The Labute approximate surface area is 86.2 Å². The third-order valence-corrected chi connectivity index (χ3v) is 2.17. The average molecular weight is 204 g/mol. The van der Waals surface area contributed by atoms with E-state index in [1.54, 1.807) is 31.2 Å². The lowest BCUT2D eigenvalue weighted by Gasteiger charge is -2.00. The van der Waals surface area contributed by atoms with Gasteiger partial charge in [-0.25, -0.2) is 4.68 Å². The van der Waals surface area contributed by atoms with Crippen LogP contribution >= 0.6 is 0 Å². The number of para-hydroxylation sites is 1. The lowest BCUT2D eigenvalue weighted by atomic mass is 10.3. The van der Waals surface area contributed by atoms with Crippen LogP contribution in [0.2, 0.25) is 0 Å². The van der Waals surface area contributed by atoms with Crippen molar-refractivity contribution in [1.82, 2.24) is 9.78 Å². The first-order valence-electron chi connectivity index (χ1n) is 4.49. The molecule has 0 saturated carbocycles. The first-order chi connectivity index (χ1) is 7.24. The lowest BCUT2D eigenvalue weighted by molar-refractivity contribution is 0.111.